The molecule has 0 saturated carbocycles. The van der Waals surface area contributed by atoms with Crippen molar-refractivity contribution in [3.8, 4) is 0 Å². The maximum atomic E-state index is 12.9. The third kappa shape index (κ3) is 4.75. The summed E-state index contributed by atoms with van der Waals surface area (Å²) in [6.07, 6.45) is 5.68. The lowest BCUT2D eigenvalue weighted by molar-refractivity contribution is -0.152. The Morgan fingerprint density at radius 1 is 1.07 bits per heavy atom. The second-order valence-corrected chi connectivity index (χ2v) is 9.13. The Labute approximate surface area is 180 Å². The molecule has 2 aliphatic rings. The van der Waals surface area contributed by atoms with Gasteiger partial charge in [-0.2, -0.15) is 0 Å². The summed E-state index contributed by atoms with van der Waals surface area (Å²) in [5.74, 6) is 0.0413. The number of carbonyl (C=O) groups is 2. The number of thioether (sulfide) groups is 1. The molecule has 1 fully saturated rings. The summed E-state index contributed by atoms with van der Waals surface area (Å²) in [5.41, 5.74) is 0.907. The van der Waals surface area contributed by atoms with Gasteiger partial charge in [0.2, 0.25) is 5.95 Å². The first-order chi connectivity index (χ1) is 14.6. The lowest BCUT2D eigenvalue weighted by Gasteiger charge is -2.30. The number of piperidine rings is 1. The van der Waals surface area contributed by atoms with Crippen LogP contribution in [0.5, 0.6) is 0 Å². The van der Waals surface area contributed by atoms with E-state index in [1.807, 2.05) is 24.3 Å². The number of amides is 1. The number of aromatic nitrogens is 2. The summed E-state index contributed by atoms with van der Waals surface area (Å²) in [4.78, 5) is 38.9. The fourth-order valence-electron chi connectivity index (χ4n) is 3.84. The number of anilines is 2. The molecule has 158 valence electrons. The zero-order valence-electron chi connectivity index (χ0n) is 17.1. The highest BCUT2D eigenvalue weighted by Gasteiger charge is 2.29. The van der Waals surface area contributed by atoms with E-state index in [-0.39, 0.29) is 24.4 Å². The van der Waals surface area contributed by atoms with Gasteiger partial charge in [-0.25, -0.2) is 9.97 Å². The van der Waals surface area contributed by atoms with E-state index < -0.39 is 0 Å². The third-order valence-corrected chi connectivity index (χ3v) is 6.78. The number of nitrogens with zero attached hydrogens (tertiary/aromatic N) is 4. The molecule has 3 heterocycles. The molecule has 30 heavy (non-hydrogen) atoms. The molecule has 0 N–H and O–H groups in total. The summed E-state index contributed by atoms with van der Waals surface area (Å²) < 4.78 is 5.43. The molecule has 1 unspecified atom stereocenters. The summed E-state index contributed by atoms with van der Waals surface area (Å²) >= 11 is 1.78. The second kappa shape index (κ2) is 9.47. The minimum absolute atomic E-state index is 0.166. The SMILES string of the molecule is CC1CCN(C(=O)COC(=O)C2CCN(c3ncccn3)CC2)c2ccccc2S1. The predicted molar refractivity (Wildman–Crippen MR) is 117 cm³/mol. The molecule has 1 saturated heterocycles. The number of fused-ring (bicyclic) bond motifs is 1. The van der Waals surface area contributed by atoms with Crippen molar-refractivity contribution in [1.82, 2.24) is 9.97 Å². The number of hydrogen-bond donors (Lipinski definition) is 0. The van der Waals surface area contributed by atoms with Crippen LogP contribution in [-0.4, -0.2) is 53.3 Å². The Morgan fingerprint density at radius 3 is 2.57 bits per heavy atom. The van der Waals surface area contributed by atoms with E-state index in [1.165, 1.54) is 0 Å². The molecule has 4 rings (SSSR count). The number of rotatable bonds is 4. The van der Waals surface area contributed by atoms with Crippen molar-refractivity contribution >= 4 is 35.3 Å². The Bertz CT molecular complexity index is 887. The number of carbonyl (C=O) groups excluding carboxylic acids is 2. The first kappa shape index (κ1) is 20.7. The normalized spacial score (nSPS) is 19.7. The van der Waals surface area contributed by atoms with Crippen LogP contribution in [0.15, 0.2) is 47.6 Å². The van der Waals surface area contributed by atoms with Crippen LogP contribution in [-0.2, 0) is 14.3 Å². The molecule has 0 aliphatic carbocycles. The van der Waals surface area contributed by atoms with Gasteiger partial charge in [0.25, 0.3) is 5.91 Å². The highest BCUT2D eigenvalue weighted by Crippen LogP contribution is 2.37. The van der Waals surface area contributed by atoms with Gasteiger partial charge in [-0.1, -0.05) is 19.1 Å². The average molecular weight is 427 g/mol. The standard InChI is InChI=1S/C22H26N4O3S/c1-16-7-14-26(18-5-2-3-6-19(18)30-16)20(27)15-29-21(28)17-8-12-25(13-9-17)22-23-10-4-11-24-22/h2-6,10-11,16-17H,7-9,12-15H2,1H3. The largest absolute Gasteiger partial charge is 0.455 e. The molecule has 7 nitrogen and oxygen atoms in total. The number of para-hydroxylation sites is 1. The van der Waals surface area contributed by atoms with Crippen molar-refractivity contribution in [1.29, 1.82) is 0 Å². The van der Waals surface area contributed by atoms with E-state index in [1.54, 1.807) is 35.1 Å². The van der Waals surface area contributed by atoms with Crippen molar-refractivity contribution in [2.45, 2.75) is 36.3 Å². The van der Waals surface area contributed by atoms with E-state index in [4.69, 9.17) is 4.74 Å². The molecule has 1 aromatic heterocycles. The Kier molecular flexibility index (Phi) is 6.52. The summed E-state index contributed by atoms with van der Waals surface area (Å²) in [6.45, 7) is 3.99. The van der Waals surface area contributed by atoms with Crippen molar-refractivity contribution in [2.75, 3.05) is 36.0 Å². The van der Waals surface area contributed by atoms with E-state index in [9.17, 15) is 9.59 Å². The predicted octanol–water partition coefficient (Wildman–Crippen LogP) is 3.15. The fourth-order valence-corrected chi connectivity index (χ4v) is 4.96. The highest BCUT2D eigenvalue weighted by atomic mass is 32.2. The van der Waals surface area contributed by atoms with E-state index in [0.717, 1.165) is 17.0 Å². The molecule has 1 atom stereocenters. The Morgan fingerprint density at radius 2 is 1.80 bits per heavy atom. The van der Waals surface area contributed by atoms with Crippen LogP contribution in [0, 0.1) is 5.92 Å². The molecule has 0 bridgehead atoms. The minimum atomic E-state index is -0.289. The number of esters is 1. The molecule has 2 aromatic rings. The molecular formula is C22H26N4O3S. The lowest BCUT2D eigenvalue weighted by Crippen LogP contribution is -2.39. The van der Waals surface area contributed by atoms with Crippen LogP contribution < -0.4 is 9.80 Å². The minimum Gasteiger partial charge on any atom is -0.455 e. The van der Waals surface area contributed by atoms with Crippen LogP contribution >= 0.6 is 11.8 Å². The van der Waals surface area contributed by atoms with E-state index in [2.05, 4.69) is 21.8 Å². The smallest absolute Gasteiger partial charge is 0.309 e. The van der Waals surface area contributed by atoms with Gasteiger partial charge in [0, 0.05) is 42.2 Å². The fraction of sp³-hybridized carbons (Fsp3) is 0.455. The maximum Gasteiger partial charge on any atom is 0.309 e. The third-order valence-electron chi connectivity index (χ3n) is 5.55. The van der Waals surface area contributed by atoms with Gasteiger partial charge in [0.1, 0.15) is 0 Å². The second-order valence-electron chi connectivity index (χ2n) is 7.65. The molecule has 8 heteroatoms. The first-order valence-corrected chi connectivity index (χ1v) is 11.2. The maximum absolute atomic E-state index is 12.9. The van der Waals surface area contributed by atoms with Crippen LogP contribution in [0.25, 0.3) is 0 Å². The summed E-state index contributed by atoms with van der Waals surface area (Å²) in [6, 6.07) is 9.71. The van der Waals surface area contributed by atoms with Crippen molar-refractivity contribution in [3.05, 3.63) is 42.7 Å². The van der Waals surface area contributed by atoms with Gasteiger partial charge >= 0.3 is 5.97 Å². The first-order valence-electron chi connectivity index (χ1n) is 10.4. The molecule has 0 spiro atoms. The van der Waals surface area contributed by atoms with Crippen LogP contribution in [0.3, 0.4) is 0 Å². The van der Waals surface area contributed by atoms with Crippen molar-refractivity contribution in [2.24, 2.45) is 5.92 Å². The number of benzene rings is 1. The van der Waals surface area contributed by atoms with Gasteiger partial charge in [-0.15, -0.1) is 11.8 Å². The van der Waals surface area contributed by atoms with E-state index >= 15 is 0 Å². The van der Waals surface area contributed by atoms with Gasteiger partial charge < -0.3 is 14.5 Å². The van der Waals surface area contributed by atoms with Gasteiger partial charge in [0.15, 0.2) is 6.61 Å². The van der Waals surface area contributed by atoms with Crippen LogP contribution in [0.4, 0.5) is 11.6 Å². The van der Waals surface area contributed by atoms with Gasteiger partial charge in [-0.05, 0) is 37.5 Å². The van der Waals surface area contributed by atoms with Gasteiger partial charge in [-0.3, -0.25) is 9.59 Å². The van der Waals surface area contributed by atoms with Gasteiger partial charge in [0.05, 0.1) is 11.6 Å². The van der Waals surface area contributed by atoms with Crippen LogP contribution in [0.1, 0.15) is 26.2 Å². The highest BCUT2D eigenvalue weighted by molar-refractivity contribution is 8.00. The number of hydrogen-bond acceptors (Lipinski definition) is 7. The van der Waals surface area contributed by atoms with Crippen molar-refractivity contribution in [3.63, 3.8) is 0 Å². The molecule has 1 aromatic carbocycles. The molecule has 0 radical (unpaired) electrons. The topological polar surface area (TPSA) is 75.6 Å². The quantitative estimate of drug-likeness (QED) is 0.695. The zero-order valence-corrected chi connectivity index (χ0v) is 17.9. The average Bonchev–Trinajstić information content (AvgIpc) is 2.96. The Hall–Kier alpha value is -2.61. The molecule has 2 aliphatic heterocycles. The molecular weight excluding hydrogens is 400 g/mol. The summed E-state index contributed by atoms with van der Waals surface area (Å²) in [5, 5.41) is 0.435. The summed E-state index contributed by atoms with van der Waals surface area (Å²) in [7, 11) is 0. The molecule has 1 amide bonds. The van der Waals surface area contributed by atoms with Crippen LogP contribution in [0.2, 0.25) is 0 Å². The lowest BCUT2D eigenvalue weighted by atomic mass is 9.97. The number of ether oxygens (including phenoxy) is 1. The van der Waals surface area contributed by atoms with Crippen molar-refractivity contribution < 1.29 is 14.3 Å². The monoisotopic (exact) mass is 426 g/mol. The van der Waals surface area contributed by atoms with E-state index in [0.29, 0.717) is 43.7 Å². The Balaban J connectivity index is 1.31. The zero-order chi connectivity index (χ0) is 20.9.